The third-order valence-electron chi connectivity index (χ3n) is 3.53. The molecule has 1 fully saturated rings. The summed E-state index contributed by atoms with van der Waals surface area (Å²) in [6.45, 7) is 8.81. The second kappa shape index (κ2) is 7.24. The normalized spacial score (nSPS) is 20.8. The number of nitrogens with one attached hydrogen (secondary N) is 1. The van der Waals surface area contributed by atoms with Gasteiger partial charge in [0.2, 0.25) is 0 Å². The smallest absolute Gasteiger partial charge is 0.0468 e. The lowest BCUT2D eigenvalue weighted by molar-refractivity contribution is 0.0607. The molecule has 0 bridgehead atoms. The van der Waals surface area contributed by atoms with Crippen LogP contribution in [0.4, 0.5) is 0 Å². The zero-order chi connectivity index (χ0) is 11.1. The molecule has 2 nitrogen and oxygen atoms in total. The number of ether oxygens (including phenoxy) is 1. The fraction of sp³-hybridized carbons (Fsp3) is 1.00. The summed E-state index contributed by atoms with van der Waals surface area (Å²) in [5.41, 5.74) is 0. The molecule has 1 unspecified atom stereocenters. The molecular formula is C13H27NO. The van der Waals surface area contributed by atoms with Crippen LogP contribution in [-0.4, -0.2) is 25.3 Å². The van der Waals surface area contributed by atoms with Gasteiger partial charge in [-0.1, -0.05) is 13.8 Å². The van der Waals surface area contributed by atoms with Crippen LogP contribution in [0, 0.1) is 5.92 Å². The van der Waals surface area contributed by atoms with Gasteiger partial charge in [0.05, 0.1) is 0 Å². The van der Waals surface area contributed by atoms with Gasteiger partial charge in [0.1, 0.15) is 0 Å². The third-order valence-corrected chi connectivity index (χ3v) is 3.53. The summed E-state index contributed by atoms with van der Waals surface area (Å²) in [6, 6.07) is 1.37. The van der Waals surface area contributed by atoms with E-state index in [4.69, 9.17) is 4.74 Å². The number of hydrogen-bond donors (Lipinski definition) is 1. The summed E-state index contributed by atoms with van der Waals surface area (Å²) >= 11 is 0. The zero-order valence-corrected chi connectivity index (χ0v) is 10.6. The van der Waals surface area contributed by atoms with Crippen molar-refractivity contribution >= 4 is 0 Å². The summed E-state index contributed by atoms with van der Waals surface area (Å²) in [7, 11) is 0. The molecule has 0 aromatic rings. The summed E-state index contributed by atoms with van der Waals surface area (Å²) in [5.74, 6) is 0.885. The molecule has 1 aliphatic rings. The Balaban J connectivity index is 2.18. The molecule has 1 atom stereocenters. The lowest BCUT2D eigenvalue weighted by Crippen LogP contribution is -2.37. The molecule has 0 aliphatic carbocycles. The van der Waals surface area contributed by atoms with Gasteiger partial charge in [-0.05, 0) is 44.9 Å². The molecule has 1 heterocycles. The minimum absolute atomic E-state index is 0.665. The van der Waals surface area contributed by atoms with Crippen LogP contribution in [0.15, 0.2) is 0 Å². The van der Waals surface area contributed by atoms with Crippen molar-refractivity contribution in [3.8, 4) is 0 Å². The van der Waals surface area contributed by atoms with Gasteiger partial charge in [-0.15, -0.1) is 0 Å². The lowest BCUT2D eigenvalue weighted by atomic mass is 9.92. The lowest BCUT2D eigenvalue weighted by Gasteiger charge is -2.27. The van der Waals surface area contributed by atoms with Crippen LogP contribution >= 0.6 is 0 Å². The Kier molecular flexibility index (Phi) is 6.26. The highest BCUT2D eigenvalue weighted by Gasteiger charge is 2.17. The monoisotopic (exact) mass is 213 g/mol. The van der Waals surface area contributed by atoms with Gasteiger partial charge in [-0.2, -0.15) is 0 Å². The quantitative estimate of drug-likeness (QED) is 0.732. The number of rotatable bonds is 6. The van der Waals surface area contributed by atoms with Crippen molar-refractivity contribution in [3.63, 3.8) is 0 Å². The van der Waals surface area contributed by atoms with Crippen molar-refractivity contribution in [2.24, 2.45) is 5.92 Å². The maximum atomic E-state index is 5.38. The van der Waals surface area contributed by atoms with Crippen molar-refractivity contribution in [2.75, 3.05) is 13.2 Å². The average Bonchev–Trinajstić information content (AvgIpc) is 2.27. The van der Waals surface area contributed by atoms with E-state index in [2.05, 4.69) is 26.1 Å². The van der Waals surface area contributed by atoms with Crippen molar-refractivity contribution in [1.82, 2.24) is 5.32 Å². The predicted molar refractivity (Wildman–Crippen MR) is 65.1 cm³/mol. The van der Waals surface area contributed by atoms with Crippen molar-refractivity contribution in [1.29, 1.82) is 0 Å². The van der Waals surface area contributed by atoms with Gasteiger partial charge in [0.15, 0.2) is 0 Å². The van der Waals surface area contributed by atoms with Gasteiger partial charge < -0.3 is 10.1 Å². The Labute approximate surface area is 94.8 Å². The van der Waals surface area contributed by atoms with Crippen LogP contribution < -0.4 is 5.32 Å². The SMILES string of the molecule is CCC(CC)NC(C)CC1CCOCC1. The second-order valence-electron chi connectivity index (χ2n) is 4.87. The van der Waals surface area contributed by atoms with E-state index in [0.29, 0.717) is 12.1 Å². The molecule has 2 heteroatoms. The Bertz CT molecular complexity index is 151. The molecule has 0 aromatic carbocycles. The summed E-state index contributed by atoms with van der Waals surface area (Å²) in [6.07, 6.45) is 6.33. The van der Waals surface area contributed by atoms with Crippen molar-refractivity contribution in [2.45, 2.75) is 65.0 Å². The summed E-state index contributed by atoms with van der Waals surface area (Å²) in [4.78, 5) is 0. The largest absolute Gasteiger partial charge is 0.381 e. The van der Waals surface area contributed by atoms with Gasteiger partial charge >= 0.3 is 0 Å². The zero-order valence-electron chi connectivity index (χ0n) is 10.6. The van der Waals surface area contributed by atoms with E-state index in [1.54, 1.807) is 0 Å². The molecule has 0 aromatic heterocycles. The maximum absolute atomic E-state index is 5.38. The molecule has 0 amide bonds. The molecule has 0 spiro atoms. The highest BCUT2D eigenvalue weighted by atomic mass is 16.5. The van der Waals surface area contributed by atoms with E-state index >= 15 is 0 Å². The van der Waals surface area contributed by atoms with Gasteiger partial charge in [0.25, 0.3) is 0 Å². The first kappa shape index (κ1) is 13.0. The third kappa shape index (κ3) is 4.98. The molecular weight excluding hydrogens is 186 g/mol. The van der Waals surface area contributed by atoms with E-state index in [1.165, 1.54) is 32.1 Å². The Morgan fingerprint density at radius 3 is 2.33 bits per heavy atom. The maximum Gasteiger partial charge on any atom is 0.0468 e. The first-order valence-electron chi connectivity index (χ1n) is 6.60. The van der Waals surface area contributed by atoms with E-state index < -0.39 is 0 Å². The summed E-state index contributed by atoms with van der Waals surface area (Å²) < 4.78 is 5.38. The van der Waals surface area contributed by atoms with Gasteiger partial charge in [-0.3, -0.25) is 0 Å². The molecule has 90 valence electrons. The Morgan fingerprint density at radius 2 is 1.80 bits per heavy atom. The topological polar surface area (TPSA) is 21.3 Å². The van der Waals surface area contributed by atoms with E-state index in [9.17, 15) is 0 Å². The number of hydrogen-bond acceptors (Lipinski definition) is 2. The molecule has 0 saturated carbocycles. The second-order valence-corrected chi connectivity index (χ2v) is 4.87. The summed E-state index contributed by atoms with van der Waals surface area (Å²) in [5, 5.41) is 3.72. The van der Waals surface area contributed by atoms with Crippen LogP contribution in [0.2, 0.25) is 0 Å². The van der Waals surface area contributed by atoms with E-state index in [1.807, 2.05) is 0 Å². The van der Waals surface area contributed by atoms with Crippen molar-refractivity contribution < 1.29 is 4.74 Å². The van der Waals surface area contributed by atoms with E-state index in [-0.39, 0.29) is 0 Å². The molecule has 1 saturated heterocycles. The fourth-order valence-corrected chi connectivity index (χ4v) is 2.48. The van der Waals surface area contributed by atoms with Gasteiger partial charge in [-0.25, -0.2) is 0 Å². The Morgan fingerprint density at radius 1 is 1.20 bits per heavy atom. The standard InChI is InChI=1S/C13H27NO/c1-4-13(5-2)14-11(3)10-12-6-8-15-9-7-12/h11-14H,4-10H2,1-3H3. The highest BCUT2D eigenvalue weighted by Crippen LogP contribution is 2.20. The van der Waals surface area contributed by atoms with Gasteiger partial charge in [0, 0.05) is 25.3 Å². The molecule has 1 rings (SSSR count). The molecule has 15 heavy (non-hydrogen) atoms. The molecule has 0 radical (unpaired) electrons. The molecule has 1 aliphatic heterocycles. The van der Waals surface area contributed by atoms with Crippen LogP contribution in [-0.2, 0) is 4.74 Å². The average molecular weight is 213 g/mol. The van der Waals surface area contributed by atoms with Crippen LogP contribution in [0.3, 0.4) is 0 Å². The minimum atomic E-state index is 0.665. The van der Waals surface area contributed by atoms with Crippen LogP contribution in [0.1, 0.15) is 52.9 Å². The molecule has 1 N–H and O–H groups in total. The minimum Gasteiger partial charge on any atom is -0.381 e. The van der Waals surface area contributed by atoms with Crippen LogP contribution in [0.25, 0.3) is 0 Å². The highest BCUT2D eigenvalue weighted by molar-refractivity contribution is 4.74. The van der Waals surface area contributed by atoms with Crippen LogP contribution in [0.5, 0.6) is 0 Å². The van der Waals surface area contributed by atoms with E-state index in [0.717, 1.165) is 19.1 Å². The van der Waals surface area contributed by atoms with Crippen molar-refractivity contribution in [3.05, 3.63) is 0 Å². The fourth-order valence-electron chi connectivity index (χ4n) is 2.48. The predicted octanol–water partition coefficient (Wildman–Crippen LogP) is 2.97. The first-order chi connectivity index (χ1) is 7.26. The first-order valence-corrected chi connectivity index (χ1v) is 6.60. The Hall–Kier alpha value is -0.0800.